The number of nitrogens with zero attached hydrogens (tertiary/aromatic N) is 1. The minimum Gasteiger partial charge on any atom is -0.229 e. The van der Waals surface area contributed by atoms with Crippen LogP contribution < -0.4 is 0 Å². The Kier molecular flexibility index (Phi) is 6.09. The van der Waals surface area contributed by atoms with Gasteiger partial charge in [0.2, 0.25) is 10.0 Å². The molecule has 1 aliphatic heterocycles. The third-order valence-electron chi connectivity index (χ3n) is 4.44. The molecule has 0 bridgehead atoms. The molecule has 0 atom stereocenters. The second-order valence-corrected chi connectivity index (χ2v) is 11.1. The quantitative estimate of drug-likeness (QED) is 0.768. The second-order valence-electron chi connectivity index (χ2n) is 6.82. The largest absolute Gasteiger partial charge is 0.243 e. The average molecular weight is 374 g/mol. The molecule has 24 heavy (non-hydrogen) atoms. The summed E-state index contributed by atoms with van der Waals surface area (Å²) in [6, 6.07) is 6.92. The van der Waals surface area contributed by atoms with Crippen LogP contribution in [-0.4, -0.2) is 45.2 Å². The first-order valence-corrected chi connectivity index (χ1v) is 11.6. The van der Waals surface area contributed by atoms with Gasteiger partial charge in [-0.1, -0.05) is 32.9 Å². The van der Waals surface area contributed by atoms with Gasteiger partial charge in [0.15, 0.2) is 9.84 Å². The molecular formula is C17H27NO4S2. The molecule has 0 saturated carbocycles. The minimum absolute atomic E-state index is 0.0915. The van der Waals surface area contributed by atoms with Gasteiger partial charge in [0.1, 0.15) is 0 Å². The number of aryl methyl sites for hydroxylation is 1. The third kappa shape index (κ3) is 4.37. The summed E-state index contributed by atoms with van der Waals surface area (Å²) in [7, 11) is -6.69. The summed E-state index contributed by atoms with van der Waals surface area (Å²) in [5.41, 5.74) is 1.09. The number of piperidine rings is 1. The summed E-state index contributed by atoms with van der Waals surface area (Å²) in [6.07, 6.45) is 1.61. The molecule has 7 heteroatoms. The van der Waals surface area contributed by atoms with E-state index in [0.717, 1.165) is 12.0 Å². The van der Waals surface area contributed by atoms with Gasteiger partial charge in [-0.15, -0.1) is 0 Å². The molecule has 1 aliphatic rings. The molecule has 0 unspecified atom stereocenters. The fourth-order valence-corrected chi connectivity index (χ4v) is 6.68. The van der Waals surface area contributed by atoms with Crippen LogP contribution in [0.5, 0.6) is 0 Å². The number of rotatable bonds is 6. The third-order valence-corrected chi connectivity index (χ3v) is 8.98. The zero-order valence-electron chi connectivity index (χ0n) is 14.6. The molecule has 1 fully saturated rings. The van der Waals surface area contributed by atoms with E-state index in [1.165, 1.54) is 4.31 Å². The van der Waals surface area contributed by atoms with E-state index in [0.29, 0.717) is 12.8 Å². The van der Waals surface area contributed by atoms with E-state index >= 15 is 0 Å². The maximum atomic E-state index is 12.7. The lowest BCUT2D eigenvalue weighted by atomic mass is 10.2. The molecule has 5 nitrogen and oxygen atoms in total. The Morgan fingerprint density at radius 3 is 2.04 bits per heavy atom. The molecule has 1 aromatic carbocycles. The summed E-state index contributed by atoms with van der Waals surface area (Å²) in [6.45, 7) is 6.32. The smallest absolute Gasteiger partial charge is 0.229 e. The predicted octanol–water partition coefficient (Wildman–Crippen LogP) is 2.47. The van der Waals surface area contributed by atoms with Gasteiger partial charge in [0.25, 0.3) is 0 Å². The summed E-state index contributed by atoms with van der Waals surface area (Å²) >= 11 is 0. The van der Waals surface area contributed by atoms with Gasteiger partial charge in [0.05, 0.1) is 15.9 Å². The summed E-state index contributed by atoms with van der Waals surface area (Å²) in [5.74, 6) is 0.261. The van der Waals surface area contributed by atoms with E-state index in [1.54, 1.807) is 12.1 Å². The number of hydrogen-bond acceptors (Lipinski definition) is 4. The number of sulfonamides is 1. The average Bonchev–Trinajstić information content (AvgIpc) is 2.54. The number of benzene rings is 1. The van der Waals surface area contributed by atoms with Crippen molar-refractivity contribution in [1.82, 2.24) is 4.31 Å². The lowest BCUT2D eigenvalue weighted by molar-refractivity contribution is 0.345. The van der Waals surface area contributed by atoms with E-state index in [4.69, 9.17) is 0 Å². The topological polar surface area (TPSA) is 71.5 Å². The Bertz CT molecular complexity index is 744. The van der Waals surface area contributed by atoms with Gasteiger partial charge in [-0.3, -0.25) is 0 Å². The summed E-state index contributed by atoms with van der Waals surface area (Å²) < 4.78 is 51.5. The SMILES string of the molecule is CCc1ccc(S(=O)(=O)N2CCC(S(=O)(=O)CC(C)C)CC2)cc1. The molecule has 0 radical (unpaired) electrons. The normalized spacial score (nSPS) is 18.2. The zero-order chi connectivity index (χ0) is 18.0. The molecule has 1 aromatic rings. The lowest BCUT2D eigenvalue weighted by Crippen LogP contribution is -2.43. The van der Waals surface area contributed by atoms with Crippen molar-refractivity contribution in [3.05, 3.63) is 29.8 Å². The molecule has 1 saturated heterocycles. The van der Waals surface area contributed by atoms with Crippen LogP contribution in [0.2, 0.25) is 0 Å². The Hall–Kier alpha value is -0.920. The van der Waals surface area contributed by atoms with Crippen molar-refractivity contribution >= 4 is 19.9 Å². The Morgan fingerprint density at radius 1 is 1.04 bits per heavy atom. The molecule has 0 N–H and O–H groups in total. The first-order valence-electron chi connectivity index (χ1n) is 8.47. The van der Waals surface area contributed by atoms with E-state index in [1.807, 2.05) is 32.9 Å². The molecule has 0 aromatic heterocycles. The van der Waals surface area contributed by atoms with Gasteiger partial charge in [-0.25, -0.2) is 16.8 Å². The van der Waals surface area contributed by atoms with Crippen molar-refractivity contribution in [2.45, 2.75) is 50.2 Å². The highest BCUT2D eigenvalue weighted by Gasteiger charge is 2.34. The first kappa shape index (κ1) is 19.4. The highest BCUT2D eigenvalue weighted by molar-refractivity contribution is 7.92. The molecule has 0 amide bonds. The van der Waals surface area contributed by atoms with Crippen molar-refractivity contribution in [3.63, 3.8) is 0 Å². The number of sulfone groups is 1. The highest BCUT2D eigenvalue weighted by atomic mass is 32.2. The maximum absolute atomic E-state index is 12.7. The van der Waals surface area contributed by atoms with Gasteiger partial charge in [0, 0.05) is 13.1 Å². The van der Waals surface area contributed by atoms with Crippen LogP contribution >= 0.6 is 0 Å². The van der Waals surface area contributed by atoms with Gasteiger partial charge >= 0.3 is 0 Å². The molecule has 2 rings (SSSR count). The van der Waals surface area contributed by atoms with Crippen molar-refractivity contribution in [2.75, 3.05) is 18.8 Å². The second kappa shape index (κ2) is 7.54. The Balaban J connectivity index is 2.08. The van der Waals surface area contributed by atoms with E-state index in [-0.39, 0.29) is 29.7 Å². The van der Waals surface area contributed by atoms with Gasteiger partial charge < -0.3 is 0 Å². The minimum atomic E-state index is -3.54. The fraction of sp³-hybridized carbons (Fsp3) is 0.647. The molecule has 0 spiro atoms. The highest BCUT2D eigenvalue weighted by Crippen LogP contribution is 2.25. The van der Waals surface area contributed by atoms with Gasteiger partial charge in [-0.05, 0) is 42.9 Å². The van der Waals surface area contributed by atoms with E-state index in [9.17, 15) is 16.8 Å². The maximum Gasteiger partial charge on any atom is 0.243 e. The first-order chi connectivity index (χ1) is 11.2. The van der Waals surface area contributed by atoms with Crippen LogP contribution in [0.4, 0.5) is 0 Å². The van der Waals surface area contributed by atoms with E-state index in [2.05, 4.69) is 0 Å². The monoisotopic (exact) mass is 373 g/mol. The van der Waals surface area contributed by atoms with Crippen LogP contribution in [0.15, 0.2) is 29.2 Å². The van der Waals surface area contributed by atoms with Crippen molar-refractivity contribution in [2.24, 2.45) is 5.92 Å². The van der Waals surface area contributed by atoms with Crippen molar-refractivity contribution < 1.29 is 16.8 Å². The summed E-state index contributed by atoms with van der Waals surface area (Å²) in [5, 5.41) is -0.422. The molecular weight excluding hydrogens is 346 g/mol. The van der Waals surface area contributed by atoms with Crippen LogP contribution in [0.3, 0.4) is 0 Å². The van der Waals surface area contributed by atoms with Crippen molar-refractivity contribution in [3.8, 4) is 0 Å². The zero-order valence-corrected chi connectivity index (χ0v) is 16.2. The molecule has 136 valence electrons. The lowest BCUT2D eigenvalue weighted by Gasteiger charge is -2.31. The van der Waals surface area contributed by atoms with Crippen LogP contribution in [-0.2, 0) is 26.3 Å². The van der Waals surface area contributed by atoms with Crippen molar-refractivity contribution in [1.29, 1.82) is 0 Å². The Labute approximate surface area is 146 Å². The molecule has 0 aliphatic carbocycles. The standard InChI is InChI=1S/C17H27NO4S2/c1-4-15-5-7-17(8-6-15)24(21,22)18-11-9-16(10-12-18)23(19,20)13-14(2)3/h5-8,14,16H,4,9-13H2,1-3H3. The number of hydrogen-bond donors (Lipinski definition) is 0. The van der Waals surface area contributed by atoms with Crippen LogP contribution in [0.1, 0.15) is 39.2 Å². The van der Waals surface area contributed by atoms with Crippen LogP contribution in [0, 0.1) is 5.92 Å². The van der Waals surface area contributed by atoms with Crippen LogP contribution in [0.25, 0.3) is 0 Å². The Morgan fingerprint density at radius 2 is 1.58 bits per heavy atom. The van der Waals surface area contributed by atoms with Gasteiger partial charge in [-0.2, -0.15) is 4.31 Å². The fourth-order valence-electron chi connectivity index (χ4n) is 3.08. The molecule has 1 heterocycles. The van der Waals surface area contributed by atoms with E-state index < -0.39 is 25.1 Å². The predicted molar refractivity (Wildman–Crippen MR) is 96.2 cm³/mol. The summed E-state index contributed by atoms with van der Waals surface area (Å²) in [4.78, 5) is 0.281.